The molecule has 1 aromatic rings. The van der Waals surface area contributed by atoms with Gasteiger partial charge in [-0.2, -0.15) is 0 Å². The first-order chi connectivity index (χ1) is 4.75. The van der Waals surface area contributed by atoms with Gasteiger partial charge in [-0.1, -0.05) is 30.8 Å². The van der Waals surface area contributed by atoms with Crippen LogP contribution in [0.4, 0.5) is 0 Å². The van der Waals surface area contributed by atoms with E-state index in [2.05, 4.69) is 32.0 Å². The molecule has 0 bridgehead atoms. The summed E-state index contributed by atoms with van der Waals surface area (Å²) in [4.78, 5) is 0. The number of hydrogen-bond donors (Lipinski definition) is 0. The predicted octanol–water partition coefficient (Wildman–Crippen LogP) is 3.00. The second kappa shape index (κ2) is 3.11. The van der Waals surface area contributed by atoms with Crippen molar-refractivity contribution in [3.63, 3.8) is 0 Å². The highest BCUT2D eigenvalue weighted by molar-refractivity contribution is 7.79. The largest absolute Gasteiger partial charge is 0.0890 e. The minimum Gasteiger partial charge on any atom is -0.0890 e. The monoisotopic (exact) mass is 151 g/mol. The molecular formula is C9H11S. The van der Waals surface area contributed by atoms with Gasteiger partial charge in [-0.3, -0.25) is 0 Å². The van der Waals surface area contributed by atoms with Gasteiger partial charge in [0.2, 0.25) is 0 Å². The topological polar surface area (TPSA) is 0 Å². The van der Waals surface area contributed by atoms with Crippen LogP contribution in [0.3, 0.4) is 0 Å². The quantitative estimate of drug-likeness (QED) is 0.579. The highest BCUT2D eigenvalue weighted by Gasteiger charge is 1.97. The lowest BCUT2D eigenvalue weighted by molar-refractivity contribution is 1.25. The highest BCUT2D eigenvalue weighted by Crippen LogP contribution is 2.14. The molecule has 0 atom stereocenters. The zero-order chi connectivity index (χ0) is 7.56. The number of aryl methyl sites for hydroxylation is 2. The summed E-state index contributed by atoms with van der Waals surface area (Å²) >= 11 is 4.99. The molecule has 0 aliphatic carbocycles. The van der Waals surface area contributed by atoms with E-state index in [0.717, 1.165) is 5.75 Å². The molecule has 0 aliphatic heterocycles. The van der Waals surface area contributed by atoms with Gasteiger partial charge in [0.1, 0.15) is 0 Å². The van der Waals surface area contributed by atoms with E-state index in [1.165, 1.54) is 16.7 Å². The van der Waals surface area contributed by atoms with E-state index >= 15 is 0 Å². The van der Waals surface area contributed by atoms with Gasteiger partial charge in [0.25, 0.3) is 0 Å². The summed E-state index contributed by atoms with van der Waals surface area (Å²) < 4.78 is 0. The van der Waals surface area contributed by atoms with Crippen LogP contribution in [0.15, 0.2) is 18.2 Å². The molecule has 0 fully saturated rings. The van der Waals surface area contributed by atoms with Crippen LogP contribution in [0.5, 0.6) is 0 Å². The molecule has 0 saturated heterocycles. The molecule has 1 rings (SSSR count). The third-order valence-corrected chi connectivity index (χ3v) is 2.08. The van der Waals surface area contributed by atoms with Crippen molar-refractivity contribution in [2.24, 2.45) is 0 Å². The maximum absolute atomic E-state index is 4.99. The molecule has 0 amide bonds. The van der Waals surface area contributed by atoms with Gasteiger partial charge < -0.3 is 0 Å². The normalized spacial score (nSPS) is 9.90. The first-order valence-electron chi connectivity index (χ1n) is 3.39. The molecule has 0 aromatic heterocycles. The van der Waals surface area contributed by atoms with Crippen molar-refractivity contribution in [2.75, 3.05) is 0 Å². The Hall–Kier alpha value is -0.430. The van der Waals surface area contributed by atoms with Crippen molar-refractivity contribution in [1.29, 1.82) is 0 Å². The van der Waals surface area contributed by atoms with Gasteiger partial charge in [0.05, 0.1) is 0 Å². The van der Waals surface area contributed by atoms with Crippen LogP contribution in [0.1, 0.15) is 16.7 Å². The Morgan fingerprint density at radius 3 is 2.00 bits per heavy atom. The first kappa shape index (κ1) is 7.67. The van der Waals surface area contributed by atoms with E-state index in [-0.39, 0.29) is 0 Å². The summed E-state index contributed by atoms with van der Waals surface area (Å²) in [7, 11) is 0. The van der Waals surface area contributed by atoms with Crippen molar-refractivity contribution < 1.29 is 0 Å². The van der Waals surface area contributed by atoms with Crippen LogP contribution in [0.25, 0.3) is 0 Å². The minimum atomic E-state index is 0.735. The van der Waals surface area contributed by atoms with Crippen LogP contribution in [0.2, 0.25) is 0 Å². The Labute approximate surface area is 67.7 Å². The zero-order valence-corrected chi connectivity index (χ0v) is 7.16. The van der Waals surface area contributed by atoms with Crippen molar-refractivity contribution in [3.8, 4) is 0 Å². The smallest absolute Gasteiger partial charge is 0.0294 e. The Balaban J connectivity index is 3.17. The van der Waals surface area contributed by atoms with E-state index in [0.29, 0.717) is 0 Å². The van der Waals surface area contributed by atoms with Gasteiger partial charge in [-0.15, -0.1) is 0 Å². The van der Waals surface area contributed by atoms with E-state index in [4.69, 9.17) is 12.6 Å². The van der Waals surface area contributed by atoms with Crippen molar-refractivity contribution >= 4 is 12.6 Å². The summed E-state index contributed by atoms with van der Waals surface area (Å²) in [5.74, 6) is 0.735. The molecule has 0 nitrogen and oxygen atoms in total. The fourth-order valence-corrected chi connectivity index (χ4v) is 1.53. The second-order valence-electron chi connectivity index (χ2n) is 2.51. The lowest BCUT2D eigenvalue weighted by Gasteiger charge is -2.04. The van der Waals surface area contributed by atoms with Gasteiger partial charge in [0, 0.05) is 5.75 Å². The molecule has 1 heteroatoms. The molecule has 0 spiro atoms. The fourth-order valence-electron chi connectivity index (χ4n) is 1.08. The molecule has 53 valence electrons. The lowest BCUT2D eigenvalue weighted by Crippen LogP contribution is -1.87. The minimum absolute atomic E-state index is 0.735. The molecule has 1 radical (unpaired) electrons. The number of rotatable bonds is 1. The third-order valence-electron chi connectivity index (χ3n) is 1.79. The zero-order valence-electron chi connectivity index (χ0n) is 6.35. The fraction of sp³-hybridized carbons (Fsp3) is 0.333. The Bertz CT molecular complexity index is 208. The van der Waals surface area contributed by atoms with E-state index in [1.54, 1.807) is 0 Å². The second-order valence-corrected chi connectivity index (χ2v) is 2.80. The molecule has 10 heavy (non-hydrogen) atoms. The van der Waals surface area contributed by atoms with E-state index < -0.39 is 0 Å². The molecule has 0 unspecified atom stereocenters. The van der Waals surface area contributed by atoms with Crippen LogP contribution in [0, 0.1) is 13.8 Å². The van der Waals surface area contributed by atoms with E-state index in [1.807, 2.05) is 0 Å². The number of hydrogen-bond acceptors (Lipinski definition) is 0. The predicted molar refractivity (Wildman–Crippen MR) is 47.2 cm³/mol. The Kier molecular flexibility index (Phi) is 2.39. The van der Waals surface area contributed by atoms with Crippen molar-refractivity contribution in [2.45, 2.75) is 19.6 Å². The summed E-state index contributed by atoms with van der Waals surface area (Å²) in [5.41, 5.74) is 3.95. The van der Waals surface area contributed by atoms with Gasteiger partial charge >= 0.3 is 0 Å². The molecule has 1 aromatic carbocycles. The summed E-state index contributed by atoms with van der Waals surface area (Å²) in [6, 6.07) is 6.28. The average molecular weight is 151 g/mol. The lowest BCUT2D eigenvalue weighted by atomic mass is 10.1. The van der Waals surface area contributed by atoms with Gasteiger partial charge in [0.15, 0.2) is 0 Å². The molecule has 0 aliphatic rings. The SMILES string of the molecule is Cc1cccc(C)c1C[S]. The van der Waals surface area contributed by atoms with Crippen LogP contribution in [-0.4, -0.2) is 0 Å². The van der Waals surface area contributed by atoms with Crippen LogP contribution >= 0.6 is 12.6 Å². The summed E-state index contributed by atoms with van der Waals surface area (Å²) in [5, 5.41) is 0. The Morgan fingerprint density at radius 1 is 1.20 bits per heavy atom. The molecule has 0 N–H and O–H groups in total. The maximum atomic E-state index is 4.99. The van der Waals surface area contributed by atoms with Crippen LogP contribution < -0.4 is 0 Å². The first-order valence-corrected chi connectivity index (χ1v) is 3.96. The maximum Gasteiger partial charge on any atom is 0.0294 e. The summed E-state index contributed by atoms with van der Waals surface area (Å²) in [6.07, 6.45) is 0. The average Bonchev–Trinajstić information content (AvgIpc) is 1.88. The standard InChI is InChI=1S/C9H11S/c1-7-4-3-5-8(2)9(7)6-10/h3-5H,6H2,1-2H3. The Morgan fingerprint density at radius 2 is 1.70 bits per heavy atom. The molecule has 0 heterocycles. The van der Waals surface area contributed by atoms with Gasteiger partial charge in [-0.05, 0) is 30.5 Å². The van der Waals surface area contributed by atoms with E-state index in [9.17, 15) is 0 Å². The molecular weight excluding hydrogens is 140 g/mol. The number of benzene rings is 1. The summed E-state index contributed by atoms with van der Waals surface area (Å²) in [6.45, 7) is 4.21. The van der Waals surface area contributed by atoms with Crippen molar-refractivity contribution in [1.82, 2.24) is 0 Å². The van der Waals surface area contributed by atoms with Crippen molar-refractivity contribution in [3.05, 3.63) is 34.9 Å². The van der Waals surface area contributed by atoms with Gasteiger partial charge in [-0.25, -0.2) is 0 Å². The molecule has 0 saturated carbocycles. The highest BCUT2D eigenvalue weighted by atomic mass is 32.1. The van der Waals surface area contributed by atoms with Crippen LogP contribution in [-0.2, 0) is 5.75 Å². The third kappa shape index (κ3) is 1.35.